The highest BCUT2D eigenvalue weighted by molar-refractivity contribution is 6.21. The molecule has 0 bridgehead atoms. The Labute approximate surface area is 170 Å². The van der Waals surface area contributed by atoms with Gasteiger partial charge in [0.15, 0.2) is 0 Å². The molecule has 2 amide bonds. The van der Waals surface area contributed by atoms with Crippen LogP contribution in [0.3, 0.4) is 0 Å². The average molecular weight is 394 g/mol. The molecule has 2 aromatic rings. The molecular weight excluding hydrogens is 368 g/mol. The van der Waals surface area contributed by atoms with Gasteiger partial charge in [0.25, 0.3) is 11.8 Å². The first-order valence-electron chi connectivity index (χ1n) is 9.97. The number of aromatic nitrogens is 2. The fraction of sp³-hybridized carbons (Fsp3) is 0.429. The maximum Gasteiger partial charge on any atom is 0.261 e. The van der Waals surface area contributed by atoms with Crippen molar-refractivity contribution in [1.82, 2.24) is 19.8 Å². The van der Waals surface area contributed by atoms with Crippen LogP contribution in [-0.2, 0) is 0 Å². The van der Waals surface area contributed by atoms with Crippen LogP contribution in [0.4, 0.5) is 11.8 Å². The summed E-state index contributed by atoms with van der Waals surface area (Å²) in [7, 11) is 3.94. The Balaban J connectivity index is 1.26. The molecule has 0 atom stereocenters. The van der Waals surface area contributed by atoms with Crippen molar-refractivity contribution in [2.75, 3.05) is 63.2 Å². The number of fused-ring (bicyclic) bond motifs is 1. The number of carbonyl (C=O) groups excluding carboxylic acids is 2. The van der Waals surface area contributed by atoms with Crippen LogP contribution < -0.4 is 9.80 Å². The Bertz CT molecular complexity index is 873. The van der Waals surface area contributed by atoms with Crippen molar-refractivity contribution < 1.29 is 9.59 Å². The number of amides is 2. The summed E-state index contributed by atoms with van der Waals surface area (Å²) in [6.45, 7) is 4.88. The van der Waals surface area contributed by atoms with Gasteiger partial charge in [-0.15, -0.1) is 0 Å². The van der Waals surface area contributed by atoms with Crippen molar-refractivity contribution >= 4 is 23.6 Å². The zero-order valence-corrected chi connectivity index (χ0v) is 16.9. The van der Waals surface area contributed by atoms with Crippen LogP contribution >= 0.6 is 0 Å². The lowest BCUT2D eigenvalue weighted by molar-refractivity contribution is 0.0647. The smallest absolute Gasteiger partial charge is 0.261 e. The minimum absolute atomic E-state index is 0.173. The lowest BCUT2D eigenvalue weighted by atomic mass is 10.1. The van der Waals surface area contributed by atoms with Crippen LogP contribution in [-0.4, -0.2) is 84.9 Å². The highest BCUT2D eigenvalue weighted by Crippen LogP contribution is 2.22. The van der Waals surface area contributed by atoms with Crippen molar-refractivity contribution in [1.29, 1.82) is 0 Å². The van der Waals surface area contributed by atoms with Gasteiger partial charge in [0.05, 0.1) is 11.1 Å². The molecule has 2 aliphatic rings. The normalized spacial score (nSPS) is 17.0. The van der Waals surface area contributed by atoms with E-state index in [0.29, 0.717) is 17.7 Å². The Morgan fingerprint density at radius 3 is 2.21 bits per heavy atom. The second-order valence-corrected chi connectivity index (χ2v) is 7.60. The molecule has 4 rings (SSSR count). The average Bonchev–Trinajstić information content (AvgIpc) is 2.99. The monoisotopic (exact) mass is 394 g/mol. The number of hydrogen-bond donors (Lipinski definition) is 0. The topological polar surface area (TPSA) is 72.9 Å². The Morgan fingerprint density at radius 1 is 0.931 bits per heavy atom. The lowest BCUT2D eigenvalue weighted by Crippen LogP contribution is -2.47. The van der Waals surface area contributed by atoms with E-state index in [4.69, 9.17) is 0 Å². The number of benzene rings is 1. The molecule has 0 N–H and O–H groups in total. The van der Waals surface area contributed by atoms with Gasteiger partial charge in [-0.2, -0.15) is 4.98 Å². The molecule has 0 aliphatic carbocycles. The van der Waals surface area contributed by atoms with Crippen LogP contribution in [0.5, 0.6) is 0 Å². The molecule has 1 aromatic carbocycles. The summed E-state index contributed by atoms with van der Waals surface area (Å²) < 4.78 is 0. The van der Waals surface area contributed by atoms with Crippen LogP contribution in [0.25, 0.3) is 0 Å². The molecule has 0 spiro atoms. The van der Waals surface area contributed by atoms with E-state index in [-0.39, 0.29) is 11.8 Å². The summed E-state index contributed by atoms with van der Waals surface area (Å²) in [5, 5.41) is 0. The summed E-state index contributed by atoms with van der Waals surface area (Å²) >= 11 is 0. The van der Waals surface area contributed by atoms with Crippen molar-refractivity contribution in [2.45, 2.75) is 6.42 Å². The Hall–Kier alpha value is -3.00. The van der Waals surface area contributed by atoms with Crippen LogP contribution in [0.1, 0.15) is 27.1 Å². The molecule has 0 unspecified atom stereocenters. The highest BCUT2D eigenvalue weighted by Gasteiger charge is 2.34. The van der Waals surface area contributed by atoms with Gasteiger partial charge < -0.3 is 9.80 Å². The first-order chi connectivity index (χ1) is 14.0. The van der Waals surface area contributed by atoms with Gasteiger partial charge in [-0.05, 0) is 31.2 Å². The number of imide groups is 1. The molecule has 152 valence electrons. The predicted molar refractivity (Wildman–Crippen MR) is 111 cm³/mol. The summed E-state index contributed by atoms with van der Waals surface area (Å²) in [5.41, 5.74) is 1.04. The molecule has 1 saturated heterocycles. The number of rotatable bonds is 6. The molecule has 29 heavy (non-hydrogen) atoms. The Kier molecular flexibility index (Phi) is 5.44. The first kappa shape index (κ1) is 19.3. The molecule has 1 fully saturated rings. The van der Waals surface area contributed by atoms with Crippen molar-refractivity contribution in [3.8, 4) is 0 Å². The molecule has 0 saturated carbocycles. The Morgan fingerprint density at radius 2 is 1.59 bits per heavy atom. The van der Waals surface area contributed by atoms with Gasteiger partial charge in [0, 0.05) is 53.0 Å². The van der Waals surface area contributed by atoms with Gasteiger partial charge >= 0.3 is 0 Å². The van der Waals surface area contributed by atoms with Crippen LogP contribution in [0.15, 0.2) is 36.5 Å². The van der Waals surface area contributed by atoms with E-state index < -0.39 is 0 Å². The molecule has 1 aromatic heterocycles. The third kappa shape index (κ3) is 3.93. The second-order valence-electron chi connectivity index (χ2n) is 7.60. The largest absolute Gasteiger partial charge is 0.363 e. The molecule has 3 heterocycles. The summed E-state index contributed by atoms with van der Waals surface area (Å²) in [6.07, 6.45) is 2.57. The van der Waals surface area contributed by atoms with Gasteiger partial charge in [-0.3, -0.25) is 19.4 Å². The summed E-state index contributed by atoms with van der Waals surface area (Å²) in [4.78, 5) is 41.8. The number of hydrogen-bond acceptors (Lipinski definition) is 7. The molecule has 2 aliphatic heterocycles. The molecule has 0 radical (unpaired) electrons. The van der Waals surface area contributed by atoms with Gasteiger partial charge in [0.2, 0.25) is 5.95 Å². The third-order valence-corrected chi connectivity index (χ3v) is 5.48. The third-order valence-electron chi connectivity index (χ3n) is 5.48. The molecule has 8 heteroatoms. The number of nitrogens with zero attached hydrogens (tertiary/aromatic N) is 6. The fourth-order valence-electron chi connectivity index (χ4n) is 3.81. The van der Waals surface area contributed by atoms with Gasteiger partial charge in [0.1, 0.15) is 5.82 Å². The first-order valence-corrected chi connectivity index (χ1v) is 9.97. The van der Waals surface area contributed by atoms with Crippen molar-refractivity contribution in [2.24, 2.45) is 0 Å². The number of carbonyl (C=O) groups is 2. The lowest BCUT2D eigenvalue weighted by Gasteiger charge is -2.35. The van der Waals surface area contributed by atoms with E-state index in [1.165, 1.54) is 4.90 Å². The van der Waals surface area contributed by atoms with Gasteiger partial charge in [-0.1, -0.05) is 12.1 Å². The quantitative estimate of drug-likeness (QED) is 0.685. The second kappa shape index (κ2) is 8.16. The fourth-order valence-corrected chi connectivity index (χ4v) is 3.81. The maximum absolute atomic E-state index is 12.4. The maximum atomic E-state index is 12.4. The van der Waals surface area contributed by atoms with Crippen molar-refractivity contribution in [3.05, 3.63) is 47.7 Å². The van der Waals surface area contributed by atoms with Crippen LogP contribution in [0.2, 0.25) is 0 Å². The van der Waals surface area contributed by atoms with Gasteiger partial charge in [-0.25, -0.2) is 4.98 Å². The van der Waals surface area contributed by atoms with Crippen molar-refractivity contribution in [3.63, 3.8) is 0 Å². The van der Waals surface area contributed by atoms with E-state index >= 15 is 0 Å². The van der Waals surface area contributed by atoms with Crippen LogP contribution in [0, 0.1) is 0 Å². The van der Waals surface area contributed by atoms with E-state index in [0.717, 1.165) is 50.9 Å². The number of anilines is 2. The number of piperazine rings is 1. The zero-order valence-electron chi connectivity index (χ0n) is 16.9. The summed E-state index contributed by atoms with van der Waals surface area (Å²) in [5.74, 6) is 1.32. The van der Waals surface area contributed by atoms with E-state index in [9.17, 15) is 9.59 Å². The highest BCUT2D eigenvalue weighted by atomic mass is 16.2. The summed E-state index contributed by atoms with van der Waals surface area (Å²) in [6, 6.07) is 8.94. The minimum Gasteiger partial charge on any atom is -0.363 e. The van der Waals surface area contributed by atoms with E-state index in [2.05, 4.69) is 19.8 Å². The van der Waals surface area contributed by atoms with E-state index in [1.807, 2.05) is 25.1 Å². The standard InChI is InChI=1S/C21H26N6O2/c1-24(2)18-8-9-22-21(23-18)26-14-12-25(13-15-26)10-5-11-27-19(28)16-6-3-4-7-17(16)20(27)29/h3-4,6-9H,5,10-15H2,1-2H3. The SMILES string of the molecule is CN(C)c1ccnc(N2CCN(CCCN3C(=O)c4ccccc4C3=O)CC2)n1. The molecular formula is C21H26N6O2. The minimum atomic E-state index is -0.173. The zero-order chi connectivity index (χ0) is 20.4. The predicted octanol–water partition coefficient (Wildman–Crippen LogP) is 1.35. The molecule has 8 nitrogen and oxygen atoms in total. The van der Waals surface area contributed by atoms with E-state index in [1.54, 1.807) is 30.5 Å².